The largest absolute Gasteiger partial charge is 0.393 e. The highest BCUT2D eigenvalue weighted by atomic mass is 31.2. The normalized spacial score (nSPS) is 28.1. The molecule has 1 rings (SSSR count). The van der Waals surface area contributed by atoms with E-state index in [1.165, 1.54) is 0 Å². The molecule has 18 heavy (non-hydrogen) atoms. The molecule has 0 aromatic rings. The van der Waals surface area contributed by atoms with Crippen LogP contribution >= 0.6 is 7.60 Å². The van der Waals surface area contributed by atoms with Gasteiger partial charge in [-0.2, -0.15) is 0 Å². The summed E-state index contributed by atoms with van der Waals surface area (Å²) in [6.07, 6.45) is 0.293. The lowest BCUT2D eigenvalue weighted by molar-refractivity contribution is -0.00729. The van der Waals surface area contributed by atoms with Gasteiger partial charge in [-0.1, -0.05) is 6.92 Å². The summed E-state index contributed by atoms with van der Waals surface area (Å²) in [5.41, 5.74) is -0.545. The Morgan fingerprint density at radius 3 is 2.00 bits per heavy atom. The SMILES string of the molecule is CC(C)OP(=O)(CO[C@@]1(CO)C[C@@H]1C)OC(C)C. The summed E-state index contributed by atoms with van der Waals surface area (Å²) < 4.78 is 28.8. The Kier molecular flexibility index (Phi) is 5.39. The number of rotatable bonds is 8. The van der Waals surface area contributed by atoms with E-state index in [9.17, 15) is 9.67 Å². The molecular formula is C12H25O5P. The second-order valence-corrected chi connectivity index (χ2v) is 7.42. The summed E-state index contributed by atoms with van der Waals surface area (Å²) in [5, 5.41) is 9.29. The third-order valence-corrected chi connectivity index (χ3v) is 4.84. The van der Waals surface area contributed by atoms with E-state index in [4.69, 9.17) is 13.8 Å². The maximum absolute atomic E-state index is 12.5. The van der Waals surface area contributed by atoms with Gasteiger partial charge in [-0.3, -0.25) is 4.57 Å². The van der Waals surface area contributed by atoms with Crippen LogP contribution < -0.4 is 0 Å². The molecule has 6 heteroatoms. The smallest absolute Gasteiger partial charge is 0.356 e. The van der Waals surface area contributed by atoms with E-state index < -0.39 is 13.2 Å². The summed E-state index contributed by atoms with van der Waals surface area (Å²) in [4.78, 5) is 0. The van der Waals surface area contributed by atoms with Crippen LogP contribution in [0.25, 0.3) is 0 Å². The van der Waals surface area contributed by atoms with Gasteiger partial charge in [0.15, 0.2) is 0 Å². The fourth-order valence-corrected chi connectivity index (χ4v) is 3.73. The number of aliphatic hydroxyl groups excluding tert-OH is 1. The Morgan fingerprint density at radius 1 is 1.28 bits per heavy atom. The van der Waals surface area contributed by atoms with E-state index in [0.29, 0.717) is 0 Å². The zero-order valence-electron chi connectivity index (χ0n) is 11.9. The van der Waals surface area contributed by atoms with Crippen LogP contribution in [0.5, 0.6) is 0 Å². The predicted molar refractivity (Wildman–Crippen MR) is 69.6 cm³/mol. The van der Waals surface area contributed by atoms with Gasteiger partial charge in [-0.25, -0.2) is 0 Å². The van der Waals surface area contributed by atoms with Crippen LogP contribution in [0.15, 0.2) is 0 Å². The van der Waals surface area contributed by atoms with E-state index in [1.54, 1.807) is 27.7 Å². The first-order chi connectivity index (χ1) is 8.23. The minimum atomic E-state index is -3.26. The maximum atomic E-state index is 12.5. The van der Waals surface area contributed by atoms with Crippen molar-refractivity contribution in [2.75, 3.05) is 13.0 Å². The van der Waals surface area contributed by atoms with Crippen molar-refractivity contribution in [1.82, 2.24) is 0 Å². The highest BCUT2D eigenvalue weighted by Crippen LogP contribution is 2.54. The van der Waals surface area contributed by atoms with E-state index in [0.717, 1.165) is 6.42 Å². The molecule has 1 saturated carbocycles. The van der Waals surface area contributed by atoms with Gasteiger partial charge >= 0.3 is 7.60 Å². The van der Waals surface area contributed by atoms with Crippen molar-refractivity contribution >= 4 is 7.60 Å². The van der Waals surface area contributed by atoms with Crippen molar-refractivity contribution in [3.05, 3.63) is 0 Å². The van der Waals surface area contributed by atoms with Crippen molar-refractivity contribution in [3.8, 4) is 0 Å². The number of hydrogen-bond acceptors (Lipinski definition) is 5. The van der Waals surface area contributed by atoms with Crippen molar-refractivity contribution in [2.45, 2.75) is 58.8 Å². The molecule has 1 N–H and O–H groups in total. The van der Waals surface area contributed by atoms with Crippen LogP contribution in [0.1, 0.15) is 41.0 Å². The lowest BCUT2D eigenvalue weighted by Gasteiger charge is -2.25. The third kappa shape index (κ3) is 4.32. The topological polar surface area (TPSA) is 65.0 Å². The molecule has 0 unspecified atom stereocenters. The van der Waals surface area contributed by atoms with Crippen LogP contribution in [0.3, 0.4) is 0 Å². The van der Waals surface area contributed by atoms with Gasteiger partial charge in [0.2, 0.25) is 0 Å². The molecule has 5 nitrogen and oxygen atoms in total. The molecule has 0 aliphatic heterocycles. The molecule has 0 radical (unpaired) electrons. The average molecular weight is 280 g/mol. The predicted octanol–water partition coefficient (Wildman–Crippen LogP) is 2.77. The molecular weight excluding hydrogens is 255 g/mol. The molecule has 0 aromatic carbocycles. The number of hydrogen-bond donors (Lipinski definition) is 1. The van der Waals surface area contributed by atoms with Crippen LogP contribution in [0.2, 0.25) is 0 Å². The summed E-state index contributed by atoms with van der Waals surface area (Å²) in [6.45, 7) is 9.15. The quantitative estimate of drug-likeness (QED) is 0.693. The highest BCUT2D eigenvalue weighted by Gasteiger charge is 2.53. The van der Waals surface area contributed by atoms with Gasteiger partial charge in [0.25, 0.3) is 0 Å². The van der Waals surface area contributed by atoms with Crippen LogP contribution in [-0.2, 0) is 18.3 Å². The second-order valence-electron chi connectivity index (χ2n) is 5.52. The number of ether oxygens (including phenoxy) is 1. The molecule has 108 valence electrons. The third-order valence-electron chi connectivity index (χ3n) is 2.91. The van der Waals surface area contributed by atoms with Crippen LogP contribution in [0, 0.1) is 5.92 Å². The van der Waals surface area contributed by atoms with Crippen molar-refractivity contribution in [3.63, 3.8) is 0 Å². The van der Waals surface area contributed by atoms with Gasteiger partial charge < -0.3 is 18.9 Å². The van der Waals surface area contributed by atoms with E-state index >= 15 is 0 Å². The zero-order chi connectivity index (χ0) is 14.0. The minimum absolute atomic E-state index is 0.0580. The first-order valence-electron chi connectivity index (χ1n) is 6.44. The molecule has 0 bridgehead atoms. The highest BCUT2D eigenvalue weighted by molar-refractivity contribution is 7.53. The lowest BCUT2D eigenvalue weighted by atomic mass is 10.3. The Labute approximate surface area is 109 Å². The number of aliphatic hydroxyl groups is 1. The molecule has 0 spiro atoms. The Balaban J connectivity index is 2.59. The monoisotopic (exact) mass is 280 g/mol. The molecule has 1 aliphatic rings. The van der Waals surface area contributed by atoms with Crippen LogP contribution in [-0.4, -0.2) is 35.9 Å². The van der Waals surface area contributed by atoms with Gasteiger partial charge in [0.05, 0.1) is 24.4 Å². The standard InChI is InChI=1S/C12H25O5P/c1-9(2)16-18(14,17-10(3)4)8-15-12(7-13)6-11(12)5/h9-11,13H,6-8H2,1-5H3/t11-,12+/m0/s1. The van der Waals surface area contributed by atoms with E-state index in [2.05, 4.69) is 0 Å². The zero-order valence-corrected chi connectivity index (χ0v) is 12.8. The van der Waals surface area contributed by atoms with E-state index in [1.807, 2.05) is 6.92 Å². The summed E-state index contributed by atoms with van der Waals surface area (Å²) in [7, 11) is -3.26. The van der Waals surface area contributed by atoms with Gasteiger partial charge in [0, 0.05) is 0 Å². The van der Waals surface area contributed by atoms with Crippen molar-refractivity contribution in [2.24, 2.45) is 5.92 Å². The molecule has 2 atom stereocenters. The fraction of sp³-hybridized carbons (Fsp3) is 1.00. The minimum Gasteiger partial charge on any atom is -0.393 e. The van der Waals surface area contributed by atoms with Crippen molar-refractivity contribution in [1.29, 1.82) is 0 Å². The molecule has 0 amide bonds. The summed E-state index contributed by atoms with van der Waals surface area (Å²) in [5.74, 6) is 0.286. The molecule has 0 aromatic heterocycles. The van der Waals surface area contributed by atoms with Gasteiger partial charge in [-0.05, 0) is 40.0 Å². The molecule has 0 saturated heterocycles. The van der Waals surface area contributed by atoms with Crippen LogP contribution in [0.4, 0.5) is 0 Å². The summed E-state index contributed by atoms with van der Waals surface area (Å²) in [6, 6.07) is 0. The lowest BCUT2D eigenvalue weighted by Crippen LogP contribution is -2.24. The second kappa shape index (κ2) is 6.02. The Bertz CT molecular complexity index is 300. The first-order valence-corrected chi connectivity index (χ1v) is 8.16. The van der Waals surface area contributed by atoms with E-state index in [-0.39, 0.29) is 31.1 Å². The average Bonchev–Trinajstić information content (AvgIpc) is 2.85. The Morgan fingerprint density at radius 2 is 1.72 bits per heavy atom. The van der Waals surface area contributed by atoms with Gasteiger partial charge in [0.1, 0.15) is 6.35 Å². The van der Waals surface area contributed by atoms with Crippen molar-refractivity contribution < 1.29 is 23.5 Å². The molecule has 1 aliphatic carbocycles. The van der Waals surface area contributed by atoms with Gasteiger partial charge in [-0.15, -0.1) is 0 Å². The maximum Gasteiger partial charge on any atom is 0.356 e. The summed E-state index contributed by atoms with van der Waals surface area (Å²) >= 11 is 0. The Hall–Kier alpha value is 0.0700. The first kappa shape index (κ1) is 16.1. The fourth-order valence-electron chi connectivity index (χ4n) is 1.86. The molecule has 0 heterocycles. The molecule has 1 fully saturated rings.